The number of carbonyl (C=O) groups is 2. The van der Waals surface area contributed by atoms with Crippen LogP contribution in [0.1, 0.15) is 79.3 Å². The van der Waals surface area contributed by atoms with Gasteiger partial charge in [0.25, 0.3) is 5.91 Å². The third kappa shape index (κ3) is 7.13. The quantitative estimate of drug-likeness (QED) is 0.189. The van der Waals surface area contributed by atoms with Crippen molar-refractivity contribution in [2.24, 2.45) is 0 Å². The fraction of sp³-hybridized carbons (Fsp3) is 0.455. The first-order chi connectivity index (χ1) is 20.6. The van der Waals surface area contributed by atoms with Gasteiger partial charge < -0.3 is 14.0 Å². The standard InChI is InChI=1S/C33H43N3O6S/c1-6-19-35(3)43(39,40)34-33(38)25-13-16-28-29(22-25)36(20-7-2)32(31(28)23-11-9-8-10-12-23)27-17-15-26(41-4)21-24(27)14-18-30(37)42-5/h6,13,15-17,21-23H,1,7-12,14,18-20H2,2-5H3,(H,34,38). The van der Waals surface area contributed by atoms with Gasteiger partial charge in [-0.1, -0.05) is 38.3 Å². The second-order valence-corrected chi connectivity index (χ2v) is 12.9. The van der Waals surface area contributed by atoms with Crippen LogP contribution in [0.5, 0.6) is 5.75 Å². The predicted molar refractivity (Wildman–Crippen MR) is 170 cm³/mol. The Bertz CT molecular complexity index is 1590. The number of carbonyl (C=O) groups excluding carboxylic acids is 2. The molecule has 1 N–H and O–H groups in total. The van der Waals surface area contributed by atoms with Gasteiger partial charge >= 0.3 is 16.2 Å². The molecule has 0 saturated heterocycles. The summed E-state index contributed by atoms with van der Waals surface area (Å²) in [5.74, 6) is 0.0841. The number of hydrogen-bond donors (Lipinski definition) is 1. The maximum absolute atomic E-state index is 13.2. The molecule has 10 heteroatoms. The number of methoxy groups -OCH3 is 2. The molecular weight excluding hydrogens is 566 g/mol. The summed E-state index contributed by atoms with van der Waals surface area (Å²) >= 11 is 0. The highest BCUT2D eigenvalue weighted by Gasteiger charge is 2.29. The van der Waals surface area contributed by atoms with Gasteiger partial charge in [0.1, 0.15) is 5.75 Å². The Morgan fingerprint density at radius 3 is 2.51 bits per heavy atom. The van der Waals surface area contributed by atoms with E-state index in [1.807, 2.05) is 18.2 Å². The van der Waals surface area contributed by atoms with Gasteiger partial charge in [0.2, 0.25) is 0 Å². The van der Waals surface area contributed by atoms with Crippen molar-refractivity contribution < 1.29 is 27.5 Å². The van der Waals surface area contributed by atoms with Crippen LogP contribution in [0.4, 0.5) is 0 Å². The van der Waals surface area contributed by atoms with Gasteiger partial charge in [-0.2, -0.15) is 12.7 Å². The molecule has 232 valence electrons. The zero-order valence-corrected chi connectivity index (χ0v) is 26.5. The smallest absolute Gasteiger partial charge is 0.305 e. The number of benzene rings is 2. The van der Waals surface area contributed by atoms with Crippen LogP contribution in [0.25, 0.3) is 22.2 Å². The highest BCUT2D eigenvalue weighted by molar-refractivity contribution is 7.87. The van der Waals surface area contributed by atoms with Gasteiger partial charge in [-0.15, -0.1) is 6.58 Å². The zero-order chi connectivity index (χ0) is 31.1. The highest BCUT2D eigenvalue weighted by atomic mass is 32.2. The Balaban J connectivity index is 1.92. The summed E-state index contributed by atoms with van der Waals surface area (Å²) in [6.07, 6.45) is 8.70. The largest absolute Gasteiger partial charge is 0.497 e. The number of esters is 1. The van der Waals surface area contributed by atoms with E-state index in [1.54, 1.807) is 19.2 Å². The van der Waals surface area contributed by atoms with Crippen LogP contribution >= 0.6 is 0 Å². The molecule has 1 amide bonds. The van der Waals surface area contributed by atoms with Gasteiger partial charge in [0, 0.05) is 48.6 Å². The highest BCUT2D eigenvalue weighted by Crippen LogP contribution is 2.45. The summed E-state index contributed by atoms with van der Waals surface area (Å²) in [7, 11) is 0.385. The van der Waals surface area contributed by atoms with E-state index in [4.69, 9.17) is 9.47 Å². The molecule has 0 aliphatic heterocycles. The van der Waals surface area contributed by atoms with Crippen molar-refractivity contribution in [3.8, 4) is 17.0 Å². The van der Waals surface area contributed by atoms with Crippen LogP contribution in [-0.4, -0.2) is 57.0 Å². The molecule has 4 rings (SSSR count). The molecule has 0 atom stereocenters. The molecule has 3 aromatic rings. The average Bonchev–Trinajstić information content (AvgIpc) is 3.33. The van der Waals surface area contributed by atoms with Crippen LogP contribution in [0.3, 0.4) is 0 Å². The van der Waals surface area contributed by atoms with E-state index in [0.29, 0.717) is 24.6 Å². The van der Waals surface area contributed by atoms with Gasteiger partial charge in [0.15, 0.2) is 0 Å². The second-order valence-electron chi connectivity index (χ2n) is 11.1. The molecule has 43 heavy (non-hydrogen) atoms. The second kappa shape index (κ2) is 14.2. The van der Waals surface area contributed by atoms with Crippen molar-refractivity contribution in [2.45, 2.75) is 70.8 Å². The molecular formula is C33H43N3O6S. The molecule has 1 saturated carbocycles. The Labute approximate surface area is 255 Å². The molecule has 1 fully saturated rings. The van der Waals surface area contributed by atoms with Crippen molar-refractivity contribution in [1.29, 1.82) is 0 Å². The van der Waals surface area contributed by atoms with Crippen LogP contribution in [0.2, 0.25) is 0 Å². The number of rotatable bonds is 13. The molecule has 0 bridgehead atoms. The van der Waals surface area contributed by atoms with Crippen molar-refractivity contribution in [1.82, 2.24) is 13.6 Å². The summed E-state index contributed by atoms with van der Waals surface area (Å²) in [5.41, 5.74) is 5.49. The number of amides is 1. The molecule has 1 aliphatic rings. The molecule has 0 radical (unpaired) electrons. The van der Waals surface area contributed by atoms with Crippen molar-refractivity contribution in [2.75, 3.05) is 27.8 Å². The van der Waals surface area contributed by atoms with Crippen molar-refractivity contribution in [3.63, 3.8) is 0 Å². The number of fused-ring (bicyclic) bond motifs is 1. The van der Waals surface area contributed by atoms with E-state index in [-0.39, 0.29) is 24.5 Å². The summed E-state index contributed by atoms with van der Waals surface area (Å²) < 4.78 is 41.4. The molecule has 1 heterocycles. The Morgan fingerprint density at radius 2 is 1.86 bits per heavy atom. The van der Waals surface area contributed by atoms with E-state index in [9.17, 15) is 18.0 Å². The number of likely N-dealkylation sites (N-methyl/N-ethyl adjacent to an activating group) is 1. The average molecular weight is 610 g/mol. The van der Waals surface area contributed by atoms with Gasteiger partial charge in [0.05, 0.1) is 19.9 Å². The van der Waals surface area contributed by atoms with E-state index in [0.717, 1.165) is 64.1 Å². The molecule has 1 aromatic heterocycles. The van der Waals surface area contributed by atoms with Gasteiger partial charge in [-0.05, 0) is 73.1 Å². The van der Waals surface area contributed by atoms with Gasteiger partial charge in [-0.25, -0.2) is 4.72 Å². The molecule has 9 nitrogen and oxygen atoms in total. The SMILES string of the molecule is C=CCN(C)S(=O)(=O)NC(=O)c1ccc2c(C3CCCCC3)c(-c3ccc(OC)cc3CCC(=O)OC)n(CCC)c2c1. The first-order valence-electron chi connectivity index (χ1n) is 14.9. The molecule has 0 unspecified atom stereocenters. The topological polar surface area (TPSA) is 107 Å². The summed E-state index contributed by atoms with van der Waals surface area (Å²) in [5, 5.41) is 1.06. The Morgan fingerprint density at radius 1 is 1.12 bits per heavy atom. The number of nitrogens with one attached hydrogen (secondary N) is 1. The van der Waals surface area contributed by atoms with Crippen LogP contribution in [0, 0.1) is 0 Å². The fourth-order valence-electron chi connectivity index (χ4n) is 6.08. The van der Waals surface area contributed by atoms with Crippen LogP contribution in [-0.2, 0) is 32.7 Å². The Hall–Kier alpha value is -3.63. The van der Waals surface area contributed by atoms with Gasteiger partial charge in [-0.3, -0.25) is 9.59 Å². The summed E-state index contributed by atoms with van der Waals surface area (Å²) in [6.45, 7) is 6.47. The fourth-order valence-corrected chi connectivity index (χ4v) is 6.89. The summed E-state index contributed by atoms with van der Waals surface area (Å²) in [4.78, 5) is 25.4. The number of aryl methyl sites for hydroxylation is 2. The lowest BCUT2D eigenvalue weighted by molar-refractivity contribution is -0.140. The minimum absolute atomic E-state index is 0.0787. The third-order valence-corrected chi connectivity index (χ3v) is 9.65. The minimum Gasteiger partial charge on any atom is -0.497 e. The van der Waals surface area contributed by atoms with Crippen molar-refractivity contribution >= 4 is 33.0 Å². The monoisotopic (exact) mass is 609 g/mol. The Kier molecular flexibility index (Phi) is 10.7. The maximum Gasteiger partial charge on any atom is 0.305 e. The molecule has 0 spiro atoms. The lowest BCUT2D eigenvalue weighted by atomic mass is 9.81. The van der Waals surface area contributed by atoms with E-state index in [2.05, 4.69) is 28.9 Å². The minimum atomic E-state index is -4.03. The number of hydrogen-bond acceptors (Lipinski definition) is 6. The van der Waals surface area contributed by atoms with E-state index in [1.165, 1.54) is 32.2 Å². The molecule has 2 aromatic carbocycles. The number of nitrogens with zero attached hydrogens (tertiary/aromatic N) is 2. The normalized spacial score (nSPS) is 14.2. The lowest BCUT2D eigenvalue weighted by Gasteiger charge is -2.24. The third-order valence-electron chi connectivity index (χ3n) is 8.24. The van der Waals surface area contributed by atoms with E-state index < -0.39 is 16.1 Å². The van der Waals surface area contributed by atoms with E-state index >= 15 is 0 Å². The first-order valence-corrected chi connectivity index (χ1v) is 16.4. The number of aromatic nitrogens is 1. The van der Waals surface area contributed by atoms with Crippen LogP contribution in [0.15, 0.2) is 49.1 Å². The van der Waals surface area contributed by atoms with Crippen molar-refractivity contribution in [3.05, 3.63) is 65.7 Å². The van der Waals surface area contributed by atoms with Crippen LogP contribution < -0.4 is 9.46 Å². The molecule has 1 aliphatic carbocycles. The lowest BCUT2D eigenvalue weighted by Crippen LogP contribution is -2.41. The number of ether oxygens (including phenoxy) is 2. The zero-order valence-electron chi connectivity index (χ0n) is 25.6. The summed E-state index contributed by atoms with van der Waals surface area (Å²) in [6, 6.07) is 11.5. The maximum atomic E-state index is 13.2. The predicted octanol–water partition coefficient (Wildman–Crippen LogP) is 5.97. The first kappa shape index (κ1) is 32.3.